The first-order valence-corrected chi connectivity index (χ1v) is 6.58. The molecule has 0 aliphatic heterocycles. The zero-order valence-corrected chi connectivity index (χ0v) is 12.4. The minimum absolute atomic E-state index is 0.779. The molecule has 0 aliphatic rings. The second-order valence-electron chi connectivity index (χ2n) is 3.60. The van der Waals surface area contributed by atoms with Gasteiger partial charge in [-0.3, -0.25) is 4.99 Å². The van der Waals surface area contributed by atoms with E-state index in [0.717, 1.165) is 6.54 Å². The fourth-order valence-corrected chi connectivity index (χ4v) is 1.53. The maximum Gasteiger partial charge on any atom is 0.0635 e. The van der Waals surface area contributed by atoms with Crippen LogP contribution in [0.4, 0.5) is 0 Å². The third kappa shape index (κ3) is 6.51. The standard InChI is InChI=1S/C13H13N.C2H5N.C2H6/c1-2-14-10-11-7-8-12-5-3-4-6-13(12)9-11;1-3-2;1-2/h2-9H,10H2,1H3;1H2,2H3;1-2H3. The lowest BCUT2D eigenvalue weighted by Crippen LogP contribution is -1.81. The summed E-state index contributed by atoms with van der Waals surface area (Å²) in [7, 11) is 1.64. The molecule has 0 saturated carbocycles. The second-order valence-corrected chi connectivity index (χ2v) is 3.60. The molecule has 0 spiro atoms. The van der Waals surface area contributed by atoms with E-state index in [4.69, 9.17) is 0 Å². The van der Waals surface area contributed by atoms with Gasteiger partial charge in [-0.05, 0) is 42.3 Å². The highest BCUT2D eigenvalue weighted by Gasteiger charge is 1.93. The summed E-state index contributed by atoms with van der Waals surface area (Å²) in [6, 6.07) is 14.9. The molecule has 0 amide bonds. The van der Waals surface area contributed by atoms with Crippen molar-refractivity contribution in [3.63, 3.8) is 0 Å². The summed E-state index contributed by atoms with van der Waals surface area (Å²) in [5.74, 6) is 0. The molecular formula is C17H24N2. The van der Waals surface area contributed by atoms with Crippen LogP contribution in [-0.2, 0) is 6.54 Å². The van der Waals surface area contributed by atoms with Crippen LogP contribution in [0.15, 0.2) is 52.4 Å². The molecule has 0 heterocycles. The molecular weight excluding hydrogens is 232 g/mol. The number of rotatable bonds is 2. The molecule has 0 saturated heterocycles. The molecule has 0 unspecified atom stereocenters. The minimum Gasteiger partial charge on any atom is -0.304 e. The van der Waals surface area contributed by atoms with Crippen molar-refractivity contribution in [2.24, 2.45) is 9.98 Å². The van der Waals surface area contributed by atoms with Gasteiger partial charge in [0.1, 0.15) is 0 Å². The fourth-order valence-electron chi connectivity index (χ4n) is 1.53. The molecule has 0 radical (unpaired) electrons. The summed E-state index contributed by atoms with van der Waals surface area (Å²) in [4.78, 5) is 7.47. The van der Waals surface area contributed by atoms with Crippen LogP contribution in [0.3, 0.4) is 0 Å². The summed E-state index contributed by atoms with van der Waals surface area (Å²) < 4.78 is 0. The summed E-state index contributed by atoms with van der Waals surface area (Å²) >= 11 is 0. The first kappa shape index (κ1) is 17.0. The first-order valence-electron chi connectivity index (χ1n) is 6.58. The van der Waals surface area contributed by atoms with E-state index >= 15 is 0 Å². The lowest BCUT2D eigenvalue weighted by Gasteiger charge is -2.00. The second kappa shape index (κ2) is 11.1. The maximum absolute atomic E-state index is 4.22. The van der Waals surface area contributed by atoms with Gasteiger partial charge in [0.05, 0.1) is 6.54 Å². The van der Waals surface area contributed by atoms with Crippen molar-refractivity contribution < 1.29 is 0 Å². The largest absolute Gasteiger partial charge is 0.304 e. The zero-order chi connectivity index (χ0) is 14.5. The van der Waals surface area contributed by atoms with Gasteiger partial charge in [-0.25, -0.2) is 0 Å². The molecule has 19 heavy (non-hydrogen) atoms. The molecule has 0 aliphatic carbocycles. The Morgan fingerprint density at radius 1 is 1.05 bits per heavy atom. The Balaban J connectivity index is 0.000000573. The average Bonchev–Trinajstić information content (AvgIpc) is 2.48. The Morgan fingerprint density at radius 3 is 2.21 bits per heavy atom. The SMILES string of the molecule is C=NC.CC.CC=NCc1ccc2ccccc2c1. The molecule has 0 aromatic heterocycles. The smallest absolute Gasteiger partial charge is 0.0635 e. The van der Waals surface area contributed by atoms with Crippen LogP contribution >= 0.6 is 0 Å². The average molecular weight is 256 g/mol. The number of fused-ring (bicyclic) bond motifs is 1. The van der Waals surface area contributed by atoms with E-state index in [1.165, 1.54) is 16.3 Å². The number of benzene rings is 2. The topological polar surface area (TPSA) is 24.7 Å². The Morgan fingerprint density at radius 2 is 1.63 bits per heavy atom. The fraction of sp³-hybridized carbons (Fsp3) is 0.294. The van der Waals surface area contributed by atoms with Gasteiger partial charge in [-0.15, -0.1) is 0 Å². The predicted octanol–water partition coefficient (Wildman–Crippen LogP) is 4.77. The van der Waals surface area contributed by atoms with Gasteiger partial charge in [0.25, 0.3) is 0 Å². The summed E-state index contributed by atoms with van der Waals surface area (Å²) in [5, 5.41) is 2.58. The van der Waals surface area contributed by atoms with Crippen LogP contribution in [0.2, 0.25) is 0 Å². The molecule has 0 atom stereocenters. The monoisotopic (exact) mass is 256 g/mol. The van der Waals surface area contributed by atoms with Crippen LogP contribution < -0.4 is 0 Å². The van der Waals surface area contributed by atoms with Crippen molar-refractivity contribution in [1.29, 1.82) is 0 Å². The number of nitrogens with zero attached hydrogens (tertiary/aromatic N) is 2. The summed E-state index contributed by atoms with van der Waals surface area (Å²) in [6.07, 6.45) is 1.84. The van der Waals surface area contributed by atoms with Crippen LogP contribution in [0.1, 0.15) is 26.3 Å². The van der Waals surface area contributed by atoms with Crippen LogP contribution in [0.25, 0.3) is 10.8 Å². The van der Waals surface area contributed by atoms with E-state index in [2.05, 4.69) is 59.2 Å². The minimum atomic E-state index is 0.779. The number of hydrogen-bond acceptors (Lipinski definition) is 2. The quantitative estimate of drug-likeness (QED) is 0.691. The normalized spacial score (nSPS) is 9.26. The highest BCUT2D eigenvalue weighted by molar-refractivity contribution is 5.83. The lowest BCUT2D eigenvalue weighted by molar-refractivity contribution is 1.08. The van der Waals surface area contributed by atoms with E-state index < -0.39 is 0 Å². The van der Waals surface area contributed by atoms with E-state index in [-0.39, 0.29) is 0 Å². The van der Waals surface area contributed by atoms with E-state index in [1.54, 1.807) is 7.05 Å². The van der Waals surface area contributed by atoms with Crippen LogP contribution in [-0.4, -0.2) is 20.0 Å². The molecule has 2 aromatic carbocycles. The van der Waals surface area contributed by atoms with E-state index in [1.807, 2.05) is 27.0 Å². The molecule has 0 fully saturated rings. The molecule has 2 aromatic rings. The van der Waals surface area contributed by atoms with E-state index in [9.17, 15) is 0 Å². The Hall–Kier alpha value is -1.96. The van der Waals surface area contributed by atoms with Gasteiger partial charge in [0.15, 0.2) is 0 Å². The van der Waals surface area contributed by atoms with Gasteiger partial charge in [0, 0.05) is 7.05 Å². The van der Waals surface area contributed by atoms with Crippen molar-refractivity contribution in [2.75, 3.05) is 7.05 Å². The molecule has 102 valence electrons. The Labute approximate surface area is 116 Å². The van der Waals surface area contributed by atoms with Gasteiger partial charge in [-0.2, -0.15) is 0 Å². The first-order chi connectivity index (χ1) is 9.31. The van der Waals surface area contributed by atoms with Crippen LogP contribution in [0, 0.1) is 0 Å². The predicted molar refractivity (Wildman–Crippen MR) is 88.6 cm³/mol. The molecule has 0 N–H and O–H groups in total. The molecule has 0 bridgehead atoms. The summed E-state index contributed by atoms with van der Waals surface area (Å²) in [5.41, 5.74) is 1.27. The van der Waals surface area contributed by atoms with Gasteiger partial charge < -0.3 is 4.99 Å². The maximum atomic E-state index is 4.22. The highest BCUT2D eigenvalue weighted by atomic mass is 14.7. The highest BCUT2D eigenvalue weighted by Crippen LogP contribution is 2.15. The third-order valence-electron chi connectivity index (χ3n) is 2.27. The van der Waals surface area contributed by atoms with E-state index in [0.29, 0.717) is 0 Å². The number of hydrogen-bond donors (Lipinski definition) is 0. The van der Waals surface area contributed by atoms with Gasteiger partial charge >= 0.3 is 0 Å². The molecule has 2 rings (SSSR count). The Bertz CT molecular complexity index is 501. The third-order valence-corrected chi connectivity index (χ3v) is 2.27. The molecule has 2 heteroatoms. The van der Waals surface area contributed by atoms with Crippen molar-refractivity contribution in [2.45, 2.75) is 27.3 Å². The lowest BCUT2D eigenvalue weighted by atomic mass is 10.1. The van der Waals surface area contributed by atoms with Crippen molar-refractivity contribution in [1.82, 2.24) is 0 Å². The van der Waals surface area contributed by atoms with Crippen LogP contribution in [0.5, 0.6) is 0 Å². The summed E-state index contributed by atoms with van der Waals surface area (Å²) in [6.45, 7) is 9.84. The molecule has 2 nitrogen and oxygen atoms in total. The van der Waals surface area contributed by atoms with Gasteiger partial charge in [0.2, 0.25) is 0 Å². The van der Waals surface area contributed by atoms with Gasteiger partial charge in [-0.1, -0.05) is 50.2 Å². The van der Waals surface area contributed by atoms with Crippen molar-refractivity contribution >= 4 is 23.7 Å². The number of aliphatic imine (C=N–C) groups is 2. The Kier molecular flexibility index (Phi) is 10.00. The van der Waals surface area contributed by atoms with Crippen molar-refractivity contribution in [3.8, 4) is 0 Å². The zero-order valence-electron chi connectivity index (χ0n) is 12.4. The van der Waals surface area contributed by atoms with Crippen molar-refractivity contribution in [3.05, 3.63) is 48.0 Å².